The van der Waals surface area contributed by atoms with Crippen molar-refractivity contribution >= 4 is 5.91 Å². The van der Waals surface area contributed by atoms with Crippen LogP contribution in [0.3, 0.4) is 0 Å². The maximum Gasteiger partial charge on any atom is 0.258 e. The fourth-order valence-corrected chi connectivity index (χ4v) is 2.35. The molecule has 98 valence electrons. The van der Waals surface area contributed by atoms with Crippen LogP contribution in [-0.4, -0.2) is 34.2 Å². The molecule has 0 fully saturated rings. The van der Waals surface area contributed by atoms with Crippen LogP contribution in [0.25, 0.3) is 0 Å². The largest absolute Gasteiger partial charge is 0.496 e. The Morgan fingerprint density at radius 1 is 1.26 bits per heavy atom. The number of benzene rings is 1. The molecule has 1 aliphatic rings. The monoisotopic (exact) mass is 257 g/mol. The number of fused-ring (bicyclic) bond motifs is 1. The molecule has 0 radical (unpaired) electrons. The Morgan fingerprint density at radius 3 is 2.95 bits per heavy atom. The van der Waals surface area contributed by atoms with E-state index in [-0.39, 0.29) is 5.91 Å². The first-order chi connectivity index (χ1) is 9.29. The van der Waals surface area contributed by atoms with Gasteiger partial charge in [0.1, 0.15) is 5.75 Å². The molecule has 5 heteroatoms. The van der Waals surface area contributed by atoms with Crippen molar-refractivity contribution in [2.45, 2.75) is 13.1 Å². The van der Waals surface area contributed by atoms with Crippen molar-refractivity contribution in [2.24, 2.45) is 0 Å². The number of para-hydroxylation sites is 1. The Balaban J connectivity index is 1.85. The lowest BCUT2D eigenvalue weighted by Gasteiger charge is -2.28. The van der Waals surface area contributed by atoms with E-state index in [4.69, 9.17) is 4.74 Å². The van der Waals surface area contributed by atoms with Crippen LogP contribution in [0.15, 0.2) is 36.5 Å². The van der Waals surface area contributed by atoms with Gasteiger partial charge in [-0.15, -0.1) is 0 Å². The molecule has 1 amide bonds. The van der Waals surface area contributed by atoms with Crippen molar-refractivity contribution in [3.05, 3.63) is 47.8 Å². The number of hydrogen-bond donors (Lipinski definition) is 0. The summed E-state index contributed by atoms with van der Waals surface area (Å²) in [5.41, 5.74) is 1.67. The van der Waals surface area contributed by atoms with Crippen LogP contribution in [0.5, 0.6) is 5.75 Å². The van der Waals surface area contributed by atoms with Crippen molar-refractivity contribution in [1.29, 1.82) is 0 Å². The molecule has 5 nitrogen and oxygen atoms in total. The summed E-state index contributed by atoms with van der Waals surface area (Å²) in [5, 5.41) is 4.21. The predicted octanol–water partition coefficient (Wildman–Crippen LogP) is 1.55. The molecule has 19 heavy (non-hydrogen) atoms. The van der Waals surface area contributed by atoms with Crippen molar-refractivity contribution < 1.29 is 9.53 Å². The summed E-state index contributed by atoms with van der Waals surface area (Å²) in [6.07, 6.45) is 1.77. The second kappa shape index (κ2) is 4.76. The molecule has 0 N–H and O–H groups in total. The van der Waals surface area contributed by atoms with Crippen LogP contribution in [0.4, 0.5) is 0 Å². The quantitative estimate of drug-likeness (QED) is 0.820. The smallest absolute Gasteiger partial charge is 0.258 e. The van der Waals surface area contributed by atoms with Gasteiger partial charge in [-0.05, 0) is 18.2 Å². The number of aromatic nitrogens is 2. The standard InChI is InChI=1S/C14H15N3O2/c1-19-13-5-3-2-4-12(13)14(18)16-8-9-17-11(10-16)6-7-15-17/h2-7H,8-10H2,1H3. The molecule has 2 aromatic rings. The first-order valence-corrected chi connectivity index (χ1v) is 6.22. The van der Waals surface area contributed by atoms with Crippen LogP contribution in [0, 0.1) is 0 Å². The molecule has 0 saturated carbocycles. The average Bonchev–Trinajstić information content (AvgIpc) is 2.93. The fourth-order valence-electron chi connectivity index (χ4n) is 2.35. The van der Waals surface area contributed by atoms with E-state index in [2.05, 4.69) is 5.10 Å². The Bertz CT molecular complexity index is 606. The molecule has 0 bridgehead atoms. The zero-order valence-corrected chi connectivity index (χ0v) is 10.7. The zero-order chi connectivity index (χ0) is 13.2. The van der Waals surface area contributed by atoms with Gasteiger partial charge < -0.3 is 9.64 Å². The van der Waals surface area contributed by atoms with Gasteiger partial charge in [0, 0.05) is 12.7 Å². The minimum absolute atomic E-state index is 0.00454. The first kappa shape index (κ1) is 11.8. The number of amides is 1. The van der Waals surface area contributed by atoms with Gasteiger partial charge >= 0.3 is 0 Å². The minimum Gasteiger partial charge on any atom is -0.496 e. The molecule has 2 heterocycles. The number of methoxy groups -OCH3 is 1. The molecule has 1 aromatic heterocycles. The molecular formula is C14H15N3O2. The van der Waals surface area contributed by atoms with Crippen LogP contribution >= 0.6 is 0 Å². The number of nitrogens with zero attached hydrogens (tertiary/aromatic N) is 3. The first-order valence-electron chi connectivity index (χ1n) is 6.22. The summed E-state index contributed by atoms with van der Waals surface area (Å²) >= 11 is 0. The lowest BCUT2D eigenvalue weighted by atomic mass is 10.1. The number of ether oxygens (including phenoxy) is 1. The Kier molecular flexibility index (Phi) is 2.95. The van der Waals surface area contributed by atoms with E-state index in [1.54, 1.807) is 25.4 Å². The van der Waals surface area contributed by atoms with Crippen molar-refractivity contribution in [3.63, 3.8) is 0 Å². The van der Waals surface area contributed by atoms with Crippen LogP contribution in [0.2, 0.25) is 0 Å². The van der Waals surface area contributed by atoms with Crippen molar-refractivity contribution in [2.75, 3.05) is 13.7 Å². The third-order valence-electron chi connectivity index (χ3n) is 3.36. The van der Waals surface area contributed by atoms with E-state index < -0.39 is 0 Å². The normalized spacial score (nSPS) is 14.1. The van der Waals surface area contributed by atoms with Gasteiger partial charge in [-0.2, -0.15) is 5.10 Å². The Labute approximate surface area is 111 Å². The molecule has 1 aromatic carbocycles. The molecular weight excluding hydrogens is 242 g/mol. The van der Waals surface area contributed by atoms with E-state index in [0.29, 0.717) is 24.4 Å². The third kappa shape index (κ3) is 2.07. The minimum atomic E-state index is 0.00454. The van der Waals surface area contributed by atoms with Gasteiger partial charge in [0.25, 0.3) is 5.91 Å². The summed E-state index contributed by atoms with van der Waals surface area (Å²) < 4.78 is 7.18. The number of rotatable bonds is 2. The highest BCUT2D eigenvalue weighted by Crippen LogP contribution is 2.21. The maximum atomic E-state index is 12.5. The van der Waals surface area contributed by atoms with Gasteiger partial charge in [-0.3, -0.25) is 9.48 Å². The number of carbonyl (C=O) groups is 1. The second-order valence-corrected chi connectivity index (χ2v) is 4.47. The van der Waals surface area contributed by atoms with E-state index in [9.17, 15) is 4.79 Å². The van der Waals surface area contributed by atoms with Crippen molar-refractivity contribution in [3.8, 4) is 5.75 Å². The number of hydrogen-bond acceptors (Lipinski definition) is 3. The fraction of sp³-hybridized carbons (Fsp3) is 0.286. The summed E-state index contributed by atoms with van der Waals surface area (Å²) in [4.78, 5) is 14.4. The van der Waals surface area contributed by atoms with Gasteiger partial charge in [0.2, 0.25) is 0 Å². The van der Waals surface area contributed by atoms with E-state index in [0.717, 1.165) is 12.2 Å². The summed E-state index contributed by atoms with van der Waals surface area (Å²) in [5.74, 6) is 0.622. The zero-order valence-electron chi connectivity index (χ0n) is 10.7. The number of carbonyl (C=O) groups excluding carboxylic acids is 1. The highest BCUT2D eigenvalue weighted by atomic mass is 16.5. The topological polar surface area (TPSA) is 47.4 Å². The lowest BCUT2D eigenvalue weighted by Crippen LogP contribution is -2.38. The van der Waals surface area contributed by atoms with Crippen LogP contribution in [-0.2, 0) is 13.1 Å². The molecule has 0 saturated heterocycles. The SMILES string of the molecule is COc1ccccc1C(=O)N1CCn2nccc2C1. The Morgan fingerprint density at radius 2 is 2.11 bits per heavy atom. The molecule has 0 unspecified atom stereocenters. The molecule has 0 atom stereocenters. The van der Waals surface area contributed by atoms with Crippen LogP contribution < -0.4 is 4.74 Å². The highest BCUT2D eigenvalue weighted by molar-refractivity contribution is 5.96. The highest BCUT2D eigenvalue weighted by Gasteiger charge is 2.23. The van der Waals surface area contributed by atoms with Crippen molar-refractivity contribution in [1.82, 2.24) is 14.7 Å². The lowest BCUT2D eigenvalue weighted by molar-refractivity contribution is 0.0702. The predicted molar refractivity (Wildman–Crippen MR) is 70.0 cm³/mol. The average molecular weight is 257 g/mol. The van der Waals surface area contributed by atoms with E-state index in [1.807, 2.05) is 27.8 Å². The molecule has 0 aliphatic carbocycles. The summed E-state index contributed by atoms with van der Waals surface area (Å²) in [6, 6.07) is 9.26. The van der Waals surface area contributed by atoms with Gasteiger partial charge in [-0.25, -0.2) is 0 Å². The van der Waals surface area contributed by atoms with Gasteiger partial charge in [0.05, 0.1) is 31.5 Å². The van der Waals surface area contributed by atoms with Gasteiger partial charge in [-0.1, -0.05) is 12.1 Å². The third-order valence-corrected chi connectivity index (χ3v) is 3.36. The van der Waals surface area contributed by atoms with E-state index >= 15 is 0 Å². The summed E-state index contributed by atoms with van der Waals surface area (Å²) in [6.45, 7) is 2.01. The van der Waals surface area contributed by atoms with Gasteiger partial charge in [0.15, 0.2) is 0 Å². The molecule has 1 aliphatic heterocycles. The van der Waals surface area contributed by atoms with E-state index in [1.165, 1.54) is 0 Å². The second-order valence-electron chi connectivity index (χ2n) is 4.47. The Hall–Kier alpha value is -2.30. The molecule has 3 rings (SSSR count). The maximum absolute atomic E-state index is 12.5. The van der Waals surface area contributed by atoms with Crippen LogP contribution in [0.1, 0.15) is 16.1 Å². The summed E-state index contributed by atoms with van der Waals surface area (Å²) in [7, 11) is 1.58. The molecule has 0 spiro atoms.